The van der Waals surface area contributed by atoms with Crippen LogP contribution in [0.15, 0.2) is 18.2 Å². The van der Waals surface area contributed by atoms with Crippen molar-refractivity contribution >= 4 is 38.3 Å². The molecule has 1 aromatic heterocycles. The van der Waals surface area contributed by atoms with Crippen molar-refractivity contribution in [3.63, 3.8) is 0 Å². The van der Waals surface area contributed by atoms with Crippen molar-refractivity contribution in [2.75, 3.05) is 18.5 Å². The molecule has 2 unspecified atom stereocenters. The molecule has 2 heterocycles. The van der Waals surface area contributed by atoms with Gasteiger partial charge in [0.05, 0.1) is 21.8 Å². The number of rotatable bonds is 3. The van der Waals surface area contributed by atoms with Gasteiger partial charge in [0.1, 0.15) is 0 Å². The zero-order valence-corrected chi connectivity index (χ0v) is 11.7. The number of anilines is 1. The Morgan fingerprint density at radius 1 is 1.56 bits per heavy atom. The topological polar surface area (TPSA) is 34.2 Å². The average Bonchev–Trinajstić information content (AvgIpc) is 2.97. The van der Waals surface area contributed by atoms with Crippen LogP contribution < -0.4 is 5.32 Å². The van der Waals surface area contributed by atoms with Gasteiger partial charge in [0, 0.05) is 18.6 Å². The Hall–Kier alpha value is -0.840. The first kappa shape index (κ1) is 12.2. The first-order chi connectivity index (χ1) is 8.74. The Labute approximate surface area is 115 Å². The maximum Gasteiger partial charge on any atom is 0.184 e. The van der Waals surface area contributed by atoms with Gasteiger partial charge in [-0.2, -0.15) is 0 Å². The van der Waals surface area contributed by atoms with Crippen LogP contribution in [-0.4, -0.2) is 24.2 Å². The number of nitrogens with zero attached hydrogens (tertiary/aromatic N) is 1. The summed E-state index contributed by atoms with van der Waals surface area (Å²) in [6, 6.07) is 6.21. The second kappa shape index (κ2) is 5.03. The van der Waals surface area contributed by atoms with E-state index in [4.69, 9.17) is 16.3 Å². The van der Waals surface area contributed by atoms with E-state index in [-0.39, 0.29) is 0 Å². The lowest BCUT2D eigenvalue weighted by atomic mass is 10.0. The number of fused-ring (bicyclic) bond motifs is 1. The normalized spacial score (nSPS) is 21.3. The van der Waals surface area contributed by atoms with E-state index in [1.54, 1.807) is 11.3 Å². The zero-order valence-electron chi connectivity index (χ0n) is 10.1. The molecule has 0 spiro atoms. The maximum atomic E-state index is 6.16. The number of benzene rings is 1. The Morgan fingerprint density at radius 2 is 2.44 bits per heavy atom. The molecule has 1 N–H and O–H groups in total. The Bertz CT molecular complexity index is 551. The van der Waals surface area contributed by atoms with E-state index in [0.29, 0.717) is 12.0 Å². The highest BCUT2D eigenvalue weighted by Crippen LogP contribution is 2.32. The molecular weight excluding hydrogens is 268 g/mol. The van der Waals surface area contributed by atoms with E-state index in [1.165, 1.54) is 0 Å². The predicted molar refractivity (Wildman–Crippen MR) is 76.6 cm³/mol. The Morgan fingerprint density at radius 3 is 3.17 bits per heavy atom. The molecule has 1 aliphatic heterocycles. The molecule has 0 aliphatic carbocycles. The van der Waals surface area contributed by atoms with Gasteiger partial charge in [-0.15, -0.1) is 0 Å². The van der Waals surface area contributed by atoms with Crippen LogP contribution in [0.25, 0.3) is 10.2 Å². The van der Waals surface area contributed by atoms with Gasteiger partial charge >= 0.3 is 0 Å². The molecule has 96 valence electrons. The van der Waals surface area contributed by atoms with Crippen molar-refractivity contribution in [3.05, 3.63) is 23.2 Å². The SMILES string of the molecule is CC(Nc1nc2cccc(Cl)c2s1)C1CCOC1. The van der Waals surface area contributed by atoms with Crippen molar-refractivity contribution in [2.24, 2.45) is 5.92 Å². The summed E-state index contributed by atoms with van der Waals surface area (Å²) in [5.74, 6) is 0.576. The summed E-state index contributed by atoms with van der Waals surface area (Å²) in [7, 11) is 0. The lowest BCUT2D eigenvalue weighted by Gasteiger charge is -2.18. The van der Waals surface area contributed by atoms with E-state index in [1.807, 2.05) is 18.2 Å². The third kappa shape index (κ3) is 2.32. The molecule has 0 amide bonds. The summed E-state index contributed by atoms with van der Waals surface area (Å²) in [6.07, 6.45) is 1.12. The van der Waals surface area contributed by atoms with Gasteiger partial charge in [-0.1, -0.05) is 29.0 Å². The van der Waals surface area contributed by atoms with Gasteiger partial charge in [0.2, 0.25) is 0 Å². The highest BCUT2D eigenvalue weighted by molar-refractivity contribution is 7.22. The van der Waals surface area contributed by atoms with Gasteiger partial charge in [-0.3, -0.25) is 0 Å². The van der Waals surface area contributed by atoms with Crippen LogP contribution in [0.5, 0.6) is 0 Å². The van der Waals surface area contributed by atoms with Crippen LogP contribution in [0.3, 0.4) is 0 Å². The zero-order chi connectivity index (χ0) is 12.5. The van der Waals surface area contributed by atoms with Crippen LogP contribution >= 0.6 is 22.9 Å². The number of halogens is 1. The van der Waals surface area contributed by atoms with Gasteiger partial charge in [-0.05, 0) is 25.5 Å². The first-order valence-corrected chi connectivity index (χ1v) is 7.33. The van der Waals surface area contributed by atoms with Crippen molar-refractivity contribution in [2.45, 2.75) is 19.4 Å². The predicted octanol–water partition coefficient (Wildman–Crippen LogP) is 3.79. The van der Waals surface area contributed by atoms with E-state index < -0.39 is 0 Å². The van der Waals surface area contributed by atoms with Crippen molar-refractivity contribution in [3.8, 4) is 0 Å². The molecule has 3 nitrogen and oxygen atoms in total. The lowest BCUT2D eigenvalue weighted by molar-refractivity contribution is 0.183. The summed E-state index contributed by atoms with van der Waals surface area (Å²) in [4.78, 5) is 4.57. The number of aromatic nitrogens is 1. The van der Waals surface area contributed by atoms with E-state index in [2.05, 4.69) is 17.2 Å². The van der Waals surface area contributed by atoms with Crippen molar-refractivity contribution in [1.29, 1.82) is 0 Å². The minimum Gasteiger partial charge on any atom is -0.381 e. The Kier molecular flexibility index (Phi) is 3.41. The molecule has 18 heavy (non-hydrogen) atoms. The minimum absolute atomic E-state index is 0.381. The molecule has 0 bridgehead atoms. The maximum absolute atomic E-state index is 6.16. The van der Waals surface area contributed by atoms with E-state index in [9.17, 15) is 0 Å². The van der Waals surface area contributed by atoms with E-state index >= 15 is 0 Å². The minimum atomic E-state index is 0.381. The molecule has 2 atom stereocenters. The molecule has 5 heteroatoms. The Balaban J connectivity index is 1.80. The fourth-order valence-electron chi connectivity index (χ4n) is 2.24. The summed E-state index contributed by atoms with van der Waals surface area (Å²) in [6.45, 7) is 3.91. The standard InChI is InChI=1S/C13H15ClN2OS/c1-8(9-5-6-17-7-9)15-13-16-11-4-2-3-10(14)12(11)18-13/h2-4,8-9H,5-7H2,1H3,(H,15,16). The molecule has 2 aromatic rings. The van der Waals surface area contributed by atoms with Crippen LogP contribution in [0.4, 0.5) is 5.13 Å². The molecule has 1 aromatic carbocycles. The summed E-state index contributed by atoms with van der Waals surface area (Å²) in [5.41, 5.74) is 0.963. The van der Waals surface area contributed by atoms with Crippen LogP contribution in [-0.2, 0) is 4.74 Å². The van der Waals surface area contributed by atoms with Gasteiger partial charge in [0.25, 0.3) is 0 Å². The number of hydrogen-bond acceptors (Lipinski definition) is 4. The largest absolute Gasteiger partial charge is 0.381 e. The molecule has 0 saturated carbocycles. The molecular formula is C13H15ClN2OS. The highest BCUT2D eigenvalue weighted by atomic mass is 35.5. The third-order valence-corrected chi connectivity index (χ3v) is 4.85. The van der Waals surface area contributed by atoms with Crippen LogP contribution in [0, 0.1) is 5.92 Å². The van der Waals surface area contributed by atoms with Gasteiger partial charge in [0.15, 0.2) is 5.13 Å². The van der Waals surface area contributed by atoms with Crippen molar-refractivity contribution < 1.29 is 4.74 Å². The molecule has 3 rings (SSSR count). The van der Waals surface area contributed by atoms with Gasteiger partial charge < -0.3 is 10.1 Å². The quantitative estimate of drug-likeness (QED) is 0.930. The fraction of sp³-hybridized carbons (Fsp3) is 0.462. The number of ether oxygens (including phenoxy) is 1. The smallest absolute Gasteiger partial charge is 0.184 e. The summed E-state index contributed by atoms with van der Waals surface area (Å²) >= 11 is 7.77. The molecule has 1 aliphatic rings. The summed E-state index contributed by atoms with van der Waals surface area (Å²) < 4.78 is 6.47. The number of nitrogens with one attached hydrogen (secondary N) is 1. The van der Waals surface area contributed by atoms with Crippen molar-refractivity contribution in [1.82, 2.24) is 4.98 Å². The lowest BCUT2D eigenvalue weighted by Crippen LogP contribution is -2.25. The second-order valence-corrected chi connectivity index (χ2v) is 6.07. The van der Waals surface area contributed by atoms with E-state index in [0.717, 1.165) is 40.0 Å². The summed E-state index contributed by atoms with van der Waals surface area (Å²) in [5, 5.41) is 5.18. The first-order valence-electron chi connectivity index (χ1n) is 6.13. The fourth-order valence-corrected chi connectivity index (χ4v) is 3.49. The van der Waals surface area contributed by atoms with Gasteiger partial charge in [-0.25, -0.2) is 4.98 Å². The molecule has 1 fully saturated rings. The molecule has 1 saturated heterocycles. The third-order valence-electron chi connectivity index (χ3n) is 3.39. The average molecular weight is 283 g/mol. The van der Waals surface area contributed by atoms with Crippen LogP contribution in [0.2, 0.25) is 5.02 Å². The van der Waals surface area contributed by atoms with Crippen LogP contribution in [0.1, 0.15) is 13.3 Å². The second-order valence-electron chi connectivity index (χ2n) is 4.66. The monoisotopic (exact) mass is 282 g/mol. The highest BCUT2D eigenvalue weighted by Gasteiger charge is 2.23. The molecule has 0 radical (unpaired) electrons. The number of thiazole rings is 1. The number of hydrogen-bond donors (Lipinski definition) is 1.